The van der Waals surface area contributed by atoms with Gasteiger partial charge in [0.2, 0.25) is 5.91 Å². The Morgan fingerprint density at radius 3 is 2.50 bits per heavy atom. The van der Waals surface area contributed by atoms with Crippen LogP contribution >= 0.6 is 0 Å². The van der Waals surface area contributed by atoms with Gasteiger partial charge in [0.05, 0.1) is 19.6 Å². The summed E-state index contributed by atoms with van der Waals surface area (Å²) < 4.78 is 7.59. The van der Waals surface area contributed by atoms with Crippen LogP contribution in [0.2, 0.25) is 0 Å². The molecule has 0 fully saturated rings. The zero-order valence-corrected chi connectivity index (χ0v) is 15.8. The summed E-state index contributed by atoms with van der Waals surface area (Å²) in [6, 6.07) is 19.8. The van der Waals surface area contributed by atoms with Crippen molar-refractivity contribution in [1.82, 2.24) is 19.7 Å². The number of amides is 1. The fourth-order valence-corrected chi connectivity index (χ4v) is 3.39. The Morgan fingerprint density at radius 1 is 0.964 bits per heavy atom. The van der Waals surface area contributed by atoms with Gasteiger partial charge in [0.1, 0.15) is 11.6 Å². The lowest BCUT2D eigenvalue weighted by molar-refractivity contribution is -0.131. The van der Waals surface area contributed by atoms with Gasteiger partial charge in [-0.2, -0.15) is 5.10 Å². The van der Waals surface area contributed by atoms with Crippen molar-refractivity contribution in [3.63, 3.8) is 0 Å². The number of fused-ring (bicyclic) bond motifs is 1. The second-order valence-electron chi connectivity index (χ2n) is 6.87. The molecule has 2 aromatic carbocycles. The molecule has 28 heavy (non-hydrogen) atoms. The summed E-state index contributed by atoms with van der Waals surface area (Å²) in [6.45, 7) is 2.41. The summed E-state index contributed by atoms with van der Waals surface area (Å²) >= 11 is 0. The summed E-state index contributed by atoms with van der Waals surface area (Å²) in [7, 11) is 0. The van der Waals surface area contributed by atoms with Crippen LogP contribution in [0.4, 0.5) is 0 Å². The lowest BCUT2D eigenvalue weighted by Gasteiger charge is -2.20. The van der Waals surface area contributed by atoms with Crippen LogP contribution in [0.15, 0.2) is 60.7 Å². The number of aromatic nitrogens is 3. The fraction of sp³-hybridized carbons (Fsp3) is 0.318. The lowest BCUT2D eigenvalue weighted by atomic mass is 10.1. The maximum Gasteiger partial charge on any atom is 0.226 e. The maximum absolute atomic E-state index is 12.5. The smallest absolute Gasteiger partial charge is 0.226 e. The Bertz CT molecular complexity index is 883. The van der Waals surface area contributed by atoms with Crippen LogP contribution in [-0.4, -0.2) is 45.3 Å². The molecule has 0 saturated carbocycles. The number of carbonyl (C=O) groups is 1. The highest BCUT2D eigenvalue weighted by molar-refractivity contribution is 5.76. The second-order valence-corrected chi connectivity index (χ2v) is 6.87. The van der Waals surface area contributed by atoms with Crippen LogP contribution < -0.4 is 4.74 Å². The third kappa shape index (κ3) is 4.57. The zero-order valence-electron chi connectivity index (χ0n) is 15.8. The van der Waals surface area contributed by atoms with Crippen molar-refractivity contribution >= 4 is 5.91 Å². The van der Waals surface area contributed by atoms with Crippen molar-refractivity contribution in [1.29, 1.82) is 0 Å². The maximum atomic E-state index is 12.5. The van der Waals surface area contributed by atoms with E-state index in [-0.39, 0.29) is 5.91 Å². The normalized spacial score (nSPS) is 13.6. The molecular weight excluding hydrogens is 352 g/mol. The van der Waals surface area contributed by atoms with Crippen molar-refractivity contribution in [3.8, 4) is 5.75 Å². The summed E-state index contributed by atoms with van der Waals surface area (Å²) in [5, 5.41) is 4.64. The van der Waals surface area contributed by atoms with E-state index in [4.69, 9.17) is 9.72 Å². The standard InChI is InChI=1S/C22H24N4O2/c27-22(12-16-28-19-9-5-2-6-10-19)25-13-11-21-23-20(24-26(21)15-14-25)17-18-7-3-1-4-8-18/h1-10H,11-17H2. The monoisotopic (exact) mass is 376 g/mol. The second kappa shape index (κ2) is 8.69. The molecule has 144 valence electrons. The van der Waals surface area contributed by atoms with Crippen molar-refractivity contribution < 1.29 is 9.53 Å². The molecule has 0 unspecified atom stereocenters. The lowest BCUT2D eigenvalue weighted by Crippen LogP contribution is -2.34. The Hall–Kier alpha value is -3.15. The van der Waals surface area contributed by atoms with Crippen LogP contribution in [0.5, 0.6) is 5.75 Å². The molecular formula is C22H24N4O2. The third-order valence-electron chi connectivity index (χ3n) is 4.86. The van der Waals surface area contributed by atoms with Crippen molar-refractivity contribution in [2.75, 3.05) is 19.7 Å². The van der Waals surface area contributed by atoms with E-state index in [0.29, 0.717) is 32.7 Å². The molecule has 1 aliphatic rings. The molecule has 0 radical (unpaired) electrons. The molecule has 0 spiro atoms. The van der Waals surface area contributed by atoms with Crippen LogP contribution in [0.1, 0.15) is 23.6 Å². The van der Waals surface area contributed by atoms with Gasteiger partial charge in [0, 0.05) is 25.9 Å². The first-order valence-electron chi connectivity index (χ1n) is 9.70. The highest BCUT2D eigenvalue weighted by Gasteiger charge is 2.20. The molecule has 6 heteroatoms. The van der Waals surface area contributed by atoms with E-state index < -0.39 is 0 Å². The number of carbonyl (C=O) groups excluding carboxylic acids is 1. The van der Waals surface area contributed by atoms with E-state index in [1.54, 1.807) is 0 Å². The molecule has 0 atom stereocenters. The van der Waals surface area contributed by atoms with Gasteiger partial charge in [-0.05, 0) is 17.7 Å². The van der Waals surface area contributed by atoms with Crippen molar-refractivity contribution in [3.05, 3.63) is 77.9 Å². The first kappa shape index (κ1) is 18.2. The number of rotatable bonds is 6. The van der Waals surface area contributed by atoms with E-state index in [2.05, 4.69) is 17.2 Å². The first-order chi connectivity index (χ1) is 13.8. The quantitative estimate of drug-likeness (QED) is 0.664. The summed E-state index contributed by atoms with van der Waals surface area (Å²) in [4.78, 5) is 19.1. The van der Waals surface area contributed by atoms with E-state index in [1.165, 1.54) is 5.56 Å². The van der Waals surface area contributed by atoms with Crippen LogP contribution in [0.3, 0.4) is 0 Å². The van der Waals surface area contributed by atoms with Gasteiger partial charge in [-0.1, -0.05) is 48.5 Å². The topological polar surface area (TPSA) is 60.2 Å². The van der Waals surface area contributed by atoms with Gasteiger partial charge in [-0.15, -0.1) is 0 Å². The number of benzene rings is 2. The third-order valence-corrected chi connectivity index (χ3v) is 4.86. The fourth-order valence-electron chi connectivity index (χ4n) is 3.39. The molecule has 3 aromatic rings. The Balaban J connectivity index is 1.28. The number of hydrogen-bond acceptors (Lipinski definition) is 4. The van der Waals surface area contributed by atoms with Crippen molar-refractivity contribution in [2.24, 2.45) is 0 Å². The van der Waals surface area contributed by atoms with Crippen molar-refractivity contribution in [2.45, 2.75) is 25.8 Å². The van der Waals surface area contributed by atoms with Gasteiger partial charge in [-0.25, -0.2) is 9.67 Å². The van der Waals surface area contributed by atoms with Crippen LogP contribution in [0, 0.1) is 0 Å². The van der Waals surface area contributed by atoms with Crippen LogP contribution in [-0.2, 0) is 24.2 Å². The molecule has 0 bridgehead atoms. The first-order valence-corrected chi connectivity index (χ1v) is 9.70. The molecule has 4 rings (SSSR count). The number of ether oxygens (including phenoxy) is 1. The SMILES string of the molecule is O=C(CCOc1ccccc1)N1CCc2nc(Cc3ccccc3)nn2CC1. The Labute approximate surface area is 164 Å². The summed E-state index contributed by atoms with van der Waals surface area (Å²) in [5.41, 5.74) is 1.21. The molecule has 6 nitrogen and oxygen atoms in total. The summed E-state index contributed by atoms with van der Waals surface area (Å²) in [5.74, 6) is 2.71. The predicted octanol–water partition coefficient (Wildman–Crippen LogP) is 2.72. The van der Waals surface area contributed by atoms with Gasteiger partial charge in [0.25, 0.3) is 0 Å². The van der Waals surface area contributed by atoms with E-state index >= 15 is 0 Å². The zero-order chi connectivity index (χ0) is 19.2. The van der Waals surface area contributed by atoms with E-state index in [1.807, 2.05) is 58.1 Å². The molecule has 0 N–H and O–H groups in total. The Morgan fingerprint density at radius 2 is 1.71 bits per heavy atom. The molecule has 0 saturated heterocycles. The predicted molar refractivity (Wildman–Crippen MR) is 106 cm³/mol. The highest BCUT2D eigenvalue weighted by Crippen LogP contribution is 2.12. The minimum Gasteiger partial charge on any atom is -0.493 e. The van der Waals surface area contributed by atoms with Gasteiger partial charge < -0.3 is 9.64 Å². The molecule has 1 amide bonds. The largest absolute Gasteiger partial charge is 0.493 e. The van der Waals surface area contributed by atoms with Gasteiger partial charge in [0.15, 0.2) is 5.82 Å². The van der Waals surface area contributed by atoms with E-state index in [9.17, 15) is 4.79 Å². The number of hydrogen-bond donors (Lipinski definition) is 0. The molecule has 0 aliphatic carbocycles. The number of nitrogens with zero attached hydrogens (tertiary/aromatic N) is 4. The number of para-hydroxylation sites is 1. The Kier molecular flexibility index (Phi) is 5.66. The average molecular weight is 376 g/mol. The minimum absolute atomic E-state index is 0.117. The highest BCUT2D eigenvalue weighted by atomic mass is 16.5. The summed E-state index contributed by atoms with van der Waals surface area (Å²) in [6.07, 6.45) is 1.84. The van der Waals surface area contributed by atoms with Gasteiger partial charge >= 0.3 is 0 Å². The minimum atomic E-state index is 0.117. The molecule has 2 heterocycles. The average Bonchev–Trinajstić information content (AvgIpc) is 3.00. The van der Waals surface area contributed by atoms with Gasteiger partial charge in [-0.3, -0.25) is 4.79 Å². The molecule has 1 aromatic heterocycles. The van der Waals surface area contributed by atoms with E-state index in [0.717, 1.165) is 30.2 Å². The molecule has 1 aliphatic heterocycles. The van der Waals surface area contributed by atoms with Crippen LogP contribution in [0.25, 0.3) is 0 Å².